The van der Waals surface area contributed by atoms with Crippen molar-refractivity contribution in [1.29, 1.82) is 0 Å². The van der Waals surface area contributed by atoms with Crippen LogP contribution in [0.15, 0.2) is 0 Å². The Labute approximate surface area is 88.5 Å². The largest absolute Gasteiger partial charge is 0.365 e. The van der Waals surface area contributed by atoms with E-state index in [1.54, 1.807) is 0 Å². The number of hydrogen-bond donors (Lipinski definition) is 0. The highest BCUT2D eigenvalue weighted by molar-refractivity contribution is 7.90. The Bertz CT molecular complexity index is 234. The second-order valence-corrected chi connectivity index (χ2v) is 5.13. The quantitative estimate of drug-likeness (QED) is 0.701. The molecule has 0 amide bonds. The highest BCUT2D eigenvalue weighted by atomic mass is 32.2. The van der Waals surface area contributed by atoms with Gasteiger partial charge in [-0.2, -0.15) is 0 Å². The van der Waals surface area contributed by atoms with E-state index < -0.39 is 28.1 Å². The Morgan fingerprint density at radius 2 is 1.73 bits per heavy atom. The van der Waals surface area contributed by atoms with Crippen molar-refractivity contribution in [1.82, 2.24) is 0 Å². The van der Waals surface area contributed by atoms with Crippen LogP contribution in [0, 0.1) is 0 Å². The monoisotopic (exact) mass is 250 g/mol. The second kappa shape index (κ2) is 7.92. The van der Waals surface area contributed by atoms with E-state index in [0.29, 0.717) is 0 Å². The molecule has 0 aliphatic heterocycles. The summed E-state index contributed by atoms with van der Waals surface area (Å²) < 4.78 is 59.9. The molecule has 0 fully saturated rings. The van der Waals surface area contributed by atoms with E-state index in [9.17, 15) is 21.6 Å². The second-order valence-electron chi connectivity index (χ2n) is 3.04. The number of ether oxygens (including phenoxy) is 1. The van der Waals surface area contributed by atoms with E-state index in [0.717, 1.165) is 13.2 Å². The minimum atomic E-state index is -3.21. The summed E-state index contributed by atoms with van der Waals surface area (Å²) in [5.41, 5.74) is 0. The average molecular weight is 250 g/mol. The van der Waals surface area contributed by atoms with Gasteiger partial charge in [0.15, 0.2) is 9.84 Å². The molecule has 0 aliphatic rings. The molecule has 3 nitrogen and oxygen atoms in total. The number of halogens is 3. The summed E-state index contributed by atoms with van der Waals surface area (Å²) in [6.45, 7) is 1.73. The fourth-order valence-electron chi connectivity index (χ4n) is 0.462. The maximum absolute atomic E-state index is 12.1. The first kappa shape index (κ1) is 17.1. The summed E-state index contributed by atoms with van der Waals surface area (Å²) in [6.07, 6.45) is 0.527. The lowest BCUT2D eigenvalue weighted by molar-refractivity contribution is -0.0111. The maximum atomic E-state index is 12.1. The summed E-state index contributed by atoms with van der Waals surface area (Å²) in [7, 11) is -3.21. The highest BCUT2D eigenvalue weighted by Crippen LogP contribution is 2.15. The van der Waals surface area contributed by atoms with Crippen molar-refractivity contribution in [3.8, 4) is 0 Å². The molecular weight excluding hydrogens is 233 g/mol. The van der Waals surface area contributed by atoms with Crippen LogP contribution in [-0.2, 0) is 14.6 Å². The number of sulfone groups is 1. The molecule has 0 saturated heterocycles. The minimum Gasteiger partial charge on any atom is -0.365 e. The van der Waals surface area contributed by atoms with Gasteiger partial charge in [0, 0.05) is 12.7 Å². The van der Waals surface area contributed by atoms with Crippen molar-refractivity contribution in [2.45, 2.75) is 26.2 Å². The molecule has 0 saturated carbocycles. The van der Waals surface area contributed by atoms with Crippen molar-refractivity contribution in [3.05, 3.63) is 0 Å². The molecule has 0 aliphatic carbocycles. The molecule has 0 aromatic heterocycles. The summed E-state index contributed by atoms with van der Waals surface area (Å²) >= 11 is 0. The normalized spacial score (nSPS) is 11.9. The first-order chi connectivity index (χ1) is 6.62. The lowest BCUT2D eigenvalue weighted by Crippen LogP contribution is -2.15. The van der Waals surface area contributed by atoms with Crippen LogP contribution in [0.4, 0.5) is 13.2 Å². The van der Waals surface area contributed by atoms with Gasteiger partial charge in [-0.3, -0.25) is 4.39 Å². The summed E-state index contributed by atoms with van der Waals surface area (Å²) in [5.74, 6) is -3.29. The van der Waals surface area contributed by atoms with E-state index in [2.05, 4.69) is 4.74 Å². The van der Waals surface area contributed by atoms with Gasteiger partial charge < -0.3 is 4.74 Å². The molecule has 0 aromatic rings. The Kier molecular flexibility index (Phi) is 9.04. The molecule has 0 spiro atoms. The molecule has 0 atom stereocenters. The first-order valence-electron chi connectivity index (χ1n) is 4.31. The Balaban J connectivity index is 0. The van der Waals surface area contributed by atoms with E-state index in [4.69, 9.17) is 0 Å². The third-order valence-electron chi connectivity index (χ3n) is 0.983. The van der Waals surface area contributed by atoms with Gasteiger partial charge in [0.1, 0.15) is 5.94 Å². The lowest BCUT2D eigenvalue weighted by atomic mass is 10.3. The van der Waals surface area contributed by atoms with Gasteiger partial charge in [0.05, 0.1) is 13.3 Å². The summed E-state index contributed by atoms with van der Waals surface area (Å²) in [6, 6.07) is 0. The Hall–Kier alpha value is -0.300. The molecule has 0 bridgehead atoms. The molecule has 0 heterocycles. The van der Waals surface area contributed by atoms with Crippen molar-refractivity contribution in [3.63, 3.8) is 0 Å². The predicted octanol–water partition coefficient (Wildman–Crippen LogP) is 2.03. The fraction of sp³-hybridized carbons (Fsp3) is 1.00. The van der Waals surface area contributed by atoms with E-state index in [-0.39, 0.29) is 13.3 Å². The van der Waals surface area contributed by atoms with Gasteiger partial charge in [-0.1, -0.05) is 0 Å². The fourth-order valence-corrected chi connectivity index (χ4v) is 0.882. The van der Waals surface area contributed by atoms with Crippen LogP contribution in [0.3, 0.4) is 0 Å². The molecule has 0 radical (unpaired) electrons. The van der Waals surface area contributed by atoms with Gasteiger partial charge >= 0.3 is 0 Å². The predicted molar refractivity (Wildman–Crippen MR) is 52.5 cm³/mol. The number of alkyl halides is 3. The molecule has 0 N–H and O–H groups in total. The smallest absolute Gasteiger partial charge is 0.247 e. The lowest BCUT2D eigenvalue weighted by Gasteiger charge is -2.09. The third kappa shape index (κ3) is 24.8. The average Bonchev–Trinajstić information content (AvgIpc) is 1.96. The maximum Gasteiger partial charge on any atom is 0.247 e. The summed E-state index contributed by atoms with van der Waals surface area (Å²) in [5, 5.41) is 0. The highest BCUT2D eigenvalue weighted by Gasteiger charge is 2.20. The third-order valence-corrected chi connectivity index (χ3v) is 1.58. The molecule has 0 aromatic carbocycles. The van der Waals surface area contributed by atoms with Crippen LogP contribution >= 0.6 is 0 Å². The van der Waals surface area contributed by atoms with Crippen molar-refractivity contribution < 1.29 is 26.3 Å². The van der Waals surface area contributed by atoms with E-state index >= 15 is 0 Å². The standard InChI is InChI=1S/C6H12F2O3S.C2H5F/c1-6(7,8)3-4-11-5-12(2,9)10;1-2-3/h3-5H2,1-2H3;2H2,1H3. The Morgan fingerprint density at radius 3 is 2.00 bits per heavy atom. The molecule has 0 unspecified atom stereocenters. The van der Waals surface area contributed by atoms with Crippen LogP contribution < -0.4 is 0 Å². The van der Waals surface area contributed by atoms with Gasteiger partial charge in [0.2, 0.25) is 5.92 Å². The number of rotatable bonds is 5. The van der Waals surface area contributed by atoms with Gasteiger partial charge in [-0.15, -0.1) is 0 Å². The molecule has 7 heteroatoms. The molecule has 94 valence electrons. The van der Waals surface area contributed by atoms with E-state index in [1.165, 1.54) is 6.92 Å². The summed E-state index contributed by atoms with van der Waals surface area (Å²) in [4.78, 5) is 0. The van der Waals surface area contributed by atoms with E-state index in [1.807, 2.05) is 0 Å². The zero-order chi connectivity index (χ0) is 12.5. The Morgan fingerprint density at radius 1 is 1.33 bits per heavy atom. The van der Waals surface area contributed by atoms with Gasteiger partial charge in [-0.25, -0.2) is 17.2 Å². The van der Waals surface area contributed by atoms with Crippen LogP contribution in [0.2, 0.25) is 0 Å². The van der Waals surface area contributed by atoms with Gasteiger partial charge in [-0.05, 0) is 13.8 Å². The van der Waals surface area contributed by atoms with Crippen LogP contribution in [0.25, 0.3) is 0 Å². The minimum absolute atomic E-state index is 0.240. The number of hydrogen-bond acceptors (Lipinski definition) is 3. The zero-order valence-corrected chi connectivity index (χ0v) is 9.91. The van der Waals surface area contributed by atoms with Crippen LogP contribution in [0.1, 0.15) is 20.3 Å². The van der Waals surface area contributed by atoms with Crippen LogP contribution in [-0.4, -0.2) is 39.8 Å². The van der Waals surface area contributed by atoms with Crippen molar-refractivity contribution in [2.24, 2.45) is 0 Å². The molecule has 15 heavy (non-hydrogen) atoms. The SMILES string of the molecule is CC(F)(F)CCOCS(C)(=O)=O.CCF. The molecular formula is C8H17F3O3S. The molecule has 0 rings (SSSR count). The van der Waals surface area contributed by atoms with Crippen molar-refractivity contribution in [2.75, 3.05) is 25.5 Å². The topological polar surface area (TPSA) is 43.4 Å². The first-order valence-corrected chi connectivity index (χ1v) is 6.37. The van der Waals surface area contributed by atoms with Crippen LogP contribution in [0.5, 0.6) is 0 Å². The van der Waals surface area contributed by atoms with Gasteiger partial charge in [0.25, 0.3) is 0 Å². The zero-order valence-electron chi connectivity index (χ0n) is 9.10. The van der Waals surface area contributed by atoms with Crippen molar-refractivity contribution >= 4 is 9.84 Å².